The zero-order valence-electron chi connectivity index (χ0n) is 13.5. The number of likely N-dealkylation sites (N-methyl/N-ethyl adjacent to an activating group) is 1. The normalized spacial score (nSPS) is 23.7. The summed E-state index contributed by atoms with van der Waals surface area (Å²) in [5.74, 6) is 1.58. The molecule has 1 aliphatic heterocycles. The van der Waals surface area contributed by atoms with Gasteiger partial charge in [-0.2, -0.15) is 0 Å². The number of quaternary nitrogens is 1. The van der Waals surface area contributed by atoms with Crippen LogP contribution < -0.4 is 9.47 Å². The Morgan fingerprint density at radius 2 is 1.68 bits per heavy atom. The minimum Gasteiger partial charge on any atom is -0.493 e. The monoisotopic (exact) mass is 297 g/mol. The molecule has 0 saturated carbocycles. The van der Waals surface area contributed by atoms with Gasteiger partial charge in [0.2, 0.25) is 0 Å². The number of nitrogens with zero attached hydrogens (tertiary/aromatic N) is 1. The van der Waals surface area contributed by atoms with E-state index in [9.17, 15) is 0 Å². The topological polar surface area (TPSA) is 18.5 Å². The highest BCUT2D eigenvalue weighted by Crippen LogP contribution is 2.43. The molecule has 0 bridgehead atoms. The summed E-state index contributed by atoms with van der Waals surface area (Å²) in [6.07, 6.45) is 0.999. The second-order valence-electron chi connectivity index (χ2n) is 6.17. The molecular formula is C19H23NO2. The van der Waals surface area contributed by atoms with Crippen LogP contribution in [0.4, 0.5) is 0 Å². The van der Waals surface area contributed by atoms with Gasteiger partial charge in [-0.3, -0.25) is 0 Å². The Kier molecular flexibility index (Phi) is 3.83. The lowest BCUT2D eigenvalue weighted by molar-refractivity contribution is -0.893. The largest absolute Gasteiger partial charge is 0.493 e. The van der Waals surface area contributed by atoms with Crippen LogP contribution in [0, 0.1) is 7.05 Å². The second kappa shape index (κ2) is 5.65. The van der Waals surface area contributed by atoms with Crippen LogP contribution in [0.5, 0.6) is 11.5 Å². The van der Waals surface area contributed by atoms with Gasteiger partial charge in [0.15, 0.2) is 11.5 Å². The van der Waals surface area contributed by atoms with Crippen molar-refractivity contribution >= 4 is 0 Å². The molecule has 2 atom stereocenters. The minimum absolute atomic E-state index is 0.213. The van der Waals surface area contributed by atoms with E-state index < -0.39 is 0 Å². The fourth-order valence-electron chi connectivity index (χ4n) is 3.42. The van der Waals surface area contributed by atoms with E-state index >= 15 is 0 Å². The van der Waals surface area contributed by atoms with Crippen LogP contribution in [0.1, 0.15) is 22.7 Å². The van der Waals surface area contributed by atoms with Gasteiger partial charge in [0, 0.05) is 24.6 Å². The molecule has 0 fully saturated rings. The van der Waals surface area contributed by atoms with Gasteiger partial charge in [-0.15, -0.1) is 7.05 Å². The van der Waals surface area contributed by atoms with E-state index in [1.54, 1.807) is 14.2 Å². The van der Waals surface area contributed by atoms with Gasteiger partial charge in [-0.25, -0.2) is 0 Å². The molecular weight excluding hydrogens is 274 g/mol. The molecule has 0 radical (unpaired) electrons. The number of rotatable bonds is 3. The Bertz CT molecular complexity index is 665. The number of benzene rings is 2. The van der Waals surface area contributed by atoms with Crippen molar-refractivity contribution in [3.8, 4) is 11.5 Å². The third-order valence-electron chi connectivity index (χ3n) is 4.57. The molecule has 1 heterocycles. The number of ether oxygens (including phenoxy) is 2. The summed E-state index contributed by atoms with van der Waals surface area (Å²) in [7, 11) is 10.0. The maximum atomic E-state index is 5.50. The number of hydrogen-bond acceptors (Lipinski definition) is 2. The van der Waals surface area contributed by atoms with Gasteiger partial charge >= 0.3 is 0 Å². The van der Waals surface area contributed by atoms with Crippen LogP contribution in [0.25, 0.3) is 0 Å². The summed E-state index contributed by atoms with van der Waals surface area (Å²) in [4.78, 5) is 0. The molecule has 1 aliphatic rings. The van der Waals surface area contributed by atoms with Crippen molar-refractivity contribution in [3.63, 3.8) is 0 Å². The van der Waals surface area contributed by atoms with Gasteiger partial charge in [0.25, 0.3) is 0 Å². The number of methoxy groups -OCH3 is 2. The second-order valence-corrected chi connectivity index (χ2v) is 6.17. The van der Waals surface area contributed by atoms with Crippen molar-refractivity contribution < 1.29 is 14.0 Å². The van der Waals surface area contributed by atoms with Crippen molar-refractivity contribution in [1.29, 1.82) is 0 Å². The first kappa shape index (κ1) is 14.9. The Labute approximate surface area is 132 Å². The van der Waals surface area contributed by atoms with Crippen molar-refractivity contribution in [2.24, 2.45) is 0 Å². The summed E-state index contributed by atoms with van der Waals surface area (Å²) >= 11 is 0. The van der Waals surface area contributed by atoms with Crippen LogP contribution in [-0.4, -0.2) is 32.3 Å². The molecule has 3 nitrogen and oxygen atoms in total. The van der Waals surface area contributed by atoms with Crippen molar-refractivity contribution in [3.05, 3.63) is 66.2 Å². The SMILES string of the molecule is [CH2-][N+]1(C)CCc2cc(OC)c(OC)cc2[C@@H]1c1ccccc1. The average molecular weight is 297 g/mol. The maximum absolute atomic E-state index is 5.50. The molecule has 3 heteroatoms. The molecule has 0 amide bonds. The Balaban J connectivity index is 2.18. The van der Waals surface area contributed by atoms with E-state index in [0.29, 0.717) is 4.48 Å². The van der Waals surface area contributed by atoms with Gasteiger partial charge in [0.1, 0.15) is 6.04 Å². The zero-order valence-corrected chi connectivity index (χ0v) is 13.5. The first-order chi connectivity index (χ1) is 10.6. The fraction of sp³-hybridized carbons (Fsp3) is 0.316. The van der Waals surface area contributed by atoms with Crippen LogP contribution in [0.3, 0.4) is 0 Å². The van der Waals surface area contributed by atoms with E-state index in [-0.39, 0.29) is 6.04 Å². The number of fused-ring (bicyclic) bond motifs is 1. The van der Waals surface area contributed by atoms with E-state index in [2.05, 4.69) is 56.6 Å². The molecule has 0 aliphatic carbocycles. The molecule has 0 spiro atoms. The van der Waals surface area contributed by atoms with Crippen molar-refractivity contribution in [2.75, 3.05) is 27.8 Å². The summed E-state index contributed by atoms with van der Waals surface area (Å²) < 4.78 is 11.7. The van der Waals surface area contributed by atoms with E-state index in [1.807, 2.05) is 0 Å². The molecule has 116 valence electrons. The highest BCUT2D eigenvalue weighted by atomic mass is 16.5. The lowest BCUT2D eigenvalue weighted by atomic mass is 9.86. The minimum atomic E-state index is 0.213. The Morgan fingerprint density at radius 3 is 2.32 bits per heavy atom. The van der Waals surface area contributed by atoms with Gasteiger partial charge in [0.05, 0.1) is 20.8 Å². The average Bonchev–Trinajstić information content (AvgIpc) is 2.53. The Morgan fingerprint density at radius 1 is 1.05 bits per heavy atom. The molecule has 1 unspecified atom stereocenters. The third-order valence-corrected chi connectivity index (χ3v) is 4.57. The van der Waals surface area contributed by atoms with Crippen LogP contribution in [0.2, 0.25) is 0 Å². The molecule has 0 saturated heterocycles. The lowest BCUT2D eigenvalue weighted by Gasteiger charge is -2.49. The van der Waals surface area contributed by atoms with Gasteiger partial charge in [-0.05, 0) is 17.7 Å². The van der Waals surface area contributed by atoms with Gasteiger partial charge in [-0.1, -0.05) is 30.3 Å². The zero-order chi connectivity index (χ0) is 15.7. The smallest absolute Gasteiger partial charge is 0.161 e. The summed E-state index contributed by atoms with van der Waals surface area (Å²) in [5, 5.41) is 0. The van der Waals surface area contributed by atoms with Crippen LogP contribution >= 0.6 is 0 Å². The molecule has 2 aromatic rings. The first-order valence-corrected chi connectivity index (χ1v) is 7.56. The molecule has 22 heavy (non-hydrogen) atoms. The highest BCUT2D eigenvalue weighted by molar-refractivity contribution is 5.50. The predicted octanol–water partition coefficient (Wildman–Crippen LogP) is 3.59. The quantitative estimate of drug-likeness (QED) is 0.637. The summed E-state index contributed by atoms with van der Waals surface area (Å²) in [6, 6.07) is 15.0. The van der Waals surface area contributed by atoms with Gasteiger partial charge < -0.3 is 14.0 Å². The maximum Gasteiger partial charge on any atom is 0.161 e. The molecule has 0 N–H and O–H groups in total. The summed E-state index contributed by atoms with van der Waals surface area (Å²) in [6.45, 7) is 1.00. The van der Waals surface area contributed by atoms with E-state index in [4.69, 9.17) is 9.47 Å². The predicted molar refractivity (Wildman–Crippen MR) is 87.9 cm³/mol. The third kappa shape index (κ3) is 2.46. The first-order valence-electron chi connectivity index (χ1n) is 7.56. The van der Waals surface area contributed by atoms with Crippen LogP contribution in [0.15, 0.2) is 42.5 Å². The van der Waals surface area contributed by atoms with Crippen molar-refractivity contribution in [1.82, 2.24) is 0 Å². The van der Waals surface area contributed by atoms with Crippen molar-refractivity contribution in [2.45, 2.75) is 12.5 Å². The van der Waals surface area contributed by atoms with E-state index in [1.165, 1.54) is 16.7 Å². The lowest BCUT2D eigenvalue weighted by Crippen LogP contribution is -2.46. The highest BCUT2D eigenvalue weighted by Gasteiger charge is 2.34. The molecule has 3 rings (SSSR count). The van der Waals surface area contributed by atoms with E-state index in [0.717, 1.165) is 24.5 Å². The Hall–Kier alpha value is -2.00. The fourth-order valence-corrected chi connectivity index (χ4v) is 3.42. The summed E-state index contributed by atoms with van der Waals surface area (Å²) in [5.41, 5.74) is 3.89. The molecule has 0 aromatic heterocycles. The van der Waals surface area contributed by atoms with Crippen LogP contribution in [-0.2, 0) is 6.42 Å². The molecule has 2 aromatic carbocycles. The standard InChI is InChI=1S/C19H23NO2/c1-20(2)11-10-15-12-17(21-3)18(22-4)13-16(15)19(20)14-8-6-5-7-9-14/h5-9,12-13,19H,1,10-11H2,2-4H3/t19-,20?/m0/s1. The number of hydrogen-bond donors (Lipinski definition) is 0.